The van der Waals surface area contributed by atoms with Gasteiger partial charge in [0.2, 0.25) is 5.91 Å². The van der Waals surface area contributed by atoms with Crippen molar-refractivity contribution in [2.24, 2.45) is 5.92 Å². The molecular formula is C19H26N2O4. The van der Waals surface area contributed by atoms with Gasteiger partial charge in [-0.2, -0.15) is 0 Å². The number of methoxy groups -OCH3 is 1. The molecule has 1 heterocycles. The molecule has 1 aromatic rings. The Morgan fingerprint density at radius 3 is 2.80 bits per heavy atom. The summed E-state index contributed by atoms with van der Waals surface area (Å²) in [7, 11) is 1.32. The maximum atomic E-state index is 12.6. The summed E-state index contributed by atoms with van der Waals surface area (Å²) < 4.78 is 9.91. The lowest BCUT2D eigenvalue weighted by Gasteiger charge is -2.24. The number of ether oxygens (including phenoxy) is 2. The van der Waals surface area contributed by atoms with Crippen LogP contribution in [0.2, 0.25) is 0 Å². The molecule has 1 saturated heterocycles. The largest absolute Gasteiger partial charge is 0.482 e. The zero-order valence-electron chi connectivity index (χ0n) is 14.8. The molecule has 1 aliphatic carbocycles. The van der Waals surface area contributed by atoms with E-state index in [-0.39, 0.29) is 18.6 Å². The Kier molecular flexibility index (Phi) is 5.58. The van der Waals surface area contributed by atoms with Crippen LogP contribution in [0, 0.1) is 12.8 Å². The number of anilines is 1. The van der Waals surface area contributed by atoms with Gasteiger partial charge in [-0.05, 0) is 55.9 Å². The van der Waals surface area contributed by atoms with Crippen LogP contribution >= 0.6 is 0 Å². The number of benzene rings is 1. The smallest absolute Gasteiger partial charge is 0.343 e. The fourth-order valence-electron chi connectivity index (χ4n) is 3.81. The van der Waals surface area contributed by atoms with Gasteiger partial charge in [0.25, 0.3) is 0 Å². The van der Waals surface area contributed by atoms with Crippen molar-refractivity contribution in [2.45, 2.75) is 51.1 Å². The molecule has 0 aromatic heterocycles. The third-order valence-electron chi connectivity index (χ3n) is 5.22. The van der Waals surface area contributed by atoms with E-state index in [2.05, 4.69) is 15.4 Å². The number of rotatable bonds is 5. The topological polar surface area (TPSA) is 76.7 Å². The van der Waals surface area contributed by atoms with Gasteiger partial charge in [-0.25, -0.2) is 4.79 Å². The summed E-state index contributed by atoms with van der Waals surface area (Å²) in [5.74, 6) is 0.815. The van der Waals surface area contributed by atoms with Gasteiger partial charge in [0, 0.05) is 11.7 Å². The average Bonchev–Trinajstić information content (AvgIpc) is 3.06. The van der Waals surface area contributed by atoms with E-state index in [1.165, 1.54) is 32.8 Å². The van der Waals surface area contributed by atoms with Crippen LogP contribution in [0.5, 0.6) is 5.75 Å². The zero-order chi connectivity index (χ0) is 17.8. The highest BCUT2D eigenvalue weighted by Gasteiger charge is 2.38. The molecule has 1 amide bonds. The number of amides is 1. The maximum absolute atomic E-state index is 12.6. The second kappa shape index (κ2) is 7.87. The van der Waals surface area contributed by atoms with E-state index in [9.17, 15) is 9.59 Å². The molecule has 1 saturated carbocycles. The first-order chi connectivity index (χ1) is 12.1. The third-order valence-corrected chi connectivity index (χ3v) is 5.22. The lowest BCUT2D eigenvalue weighted by atomic mass is 9.85. The van der Waals surface area contributed by atoms with Crippen LogP contribution in [-0.2, 0) is 14.3 Å². The van der Waals surface area contributed by atoms with Crippen LogP contribution in [0.25, 0.3) is 0 Å². The predicted molar refractivity (Wildman–Crippen MR) is 94.6 cm³/mol. The Balaban J connectivity index is 1.57. The standard InChI is InChI=1S/C19H26N2O4/c1-12-9-14(25-11-18(22)24-2)7-8-15(12)21-19(23)17-10-13-5-3-4-6-16(13)20-17/h7-9,13,16-17,20H,3-6,10-11H2,1-2H3,(H,21,23). The molecule has 2 aliphatic rings. The summed E-state index contributed by atoms with van der Waals surface area (Å²) in [5.41, 5.74) is 1.67. The van der Waals surface area contributed by atoms with Gasteiger partial charge in [-0.1, -0.05) is 12.8 Å². The summed E-state index contributed by atoms with van der Waals surface area (Å²) in [6.07, 6.45) is 5.88. The van der Waals surface area contributed by atoms with Crippen molar-refractivity contribution in [3.8, 4) is 5.75 Å². The number of esters is 1. The van der Waals surface area contributed by atoms with Crippen molar-refractivity contribution < 1.29 is 19.1 Å². The highest BCUT2D eigenvalue weighted by atomic mass is 16.6. The van der Waals surface area contributed by atoms with Gasteiger partial charge in [0.15, 0.2) is 6.61 Å². The minimum atomic E-state index is -0.427. The molecule has 3 atom stereocenters. The Hall–Kier alpha value is -2.08. The predicted octanol–water partition coefficient (Wildman–Crippen LogP) is 2.41. The van der Waals surface area contributed by atoms with Gasteiger partial charge in [0.05, 0.1) is 13.2 Å². The van der Waals surface area contributed by atoms with Gasteiger partial charge < -0.3 is 20.1 Å². The molecule has 2 fully saturated rings. The van der Waals surface area contributed by atoms with Crippen molar-refractivity contribution in [3.63, 3.8) is 0 Å². The molecule has 1 aliphatic heterocycles. The van der Waals surface area contributed by atoms with E-state index in [1.807, 2.05) is 13.0 Å². The van der Waals surface area contributed by atoms with Crippen LogP contribution in [0.4, 0.5) is 5.69 Å². The first kappa shape index (κ1) is 17.7. The van der Waals surface area contributed by atoms with Gasteiger partial charge >= 0.3 is 5.97 Å². The summed E-state index contributed by atoms with van der Waals surface area (Å²) >= 11 is 0. The quantitative estimate of drug-likeness (QED) is 0.801. The Labute approximate surface area is 148 Å². The first-order valence-corrected chi connectivity index (χ1v) is 8.94. The molecule has 0 radical (unpaired) electrons. The summed E-state index contributed by atoms with van der Waals surface area (Å²) in [5, 5.41) is 6.51. The van der Waals surface area contributed by atoms with Gasteiger partial charge in [-0.15, -0.1) is 0 Å². The van der Waals surface area contributed by atoms with Crippen LogP contribution in [0.1, 0.15) is 37.7 Å². The van der Waals surface area contributed by atoms with E-state index in [0.29, 0.717) is 17.7 Å². The number of fused-ring (bicyclic) bond motifs is 1. The molecule has 0 spiro atoms. The number of carbonyl (C=O) groups excluding carboxylic acids is 2. The Bertz CT molecular complexity index is 632. The lowest BCUT2D eigenvalue weighted by molar-refractivity contribution is -0.142. The van der Waals surface area contributed by atoms with Gasteiger partial charge in [-0.3, -0.25) is 4.79 Å². The van der Waals surface area contributed by atoms with Crippen molar-refractivity contribution >= 4 is 17.6 Å². The fourth-order valence-corrected chi connectivity index (χ4v) is 3.81. The van der Waals surface area contributed by atoms with E-state index in [1.54, 1.807) is 12.1 Å². The number of aryl methyl sites for hydroxylation is 1. The molecule has 6 nitrogen and oxygen atoms in total. The molecule has 0 bridgehead atoms. The minimum Gasteiger partial charge on any atom is -0.482 e. The SMILES string of the molecule is COC(=O)COc1ccc(NC(=O)C2CC3CCCCC3N2)c(C)c1. The Morgan fingerprint density at radius 1 is 1.28 bits per heavy atom. The van der Waals surface area contributed by atoms with E-state index in [0.717, 1.165) is 17.7 Å². The molecule has 136 valence electrons. The van der Waals surface area contributed by atoms with E-state index >= 15 is 0 Å². The molecule has 3 rings (SSSR count). The minimum absolute atomic E-state index is 0.0285. The van der Waals surface area contributed by atoms with Crippen LogP contribution < -0.4 is 15.4 Å². The van der Waals surface area contributed by atoms with E-state index < -0.39 is 5.97 Å². The number of carbonyl (C=O) groups is 2. The third kappa shape index (κ3) is 4.31. The molecule has 25 heavy (non-hydrogen) atoms. The fraction of sp³-hybridized carbons (Fsp3) is 0.579. The molecule has 3 unspecified atom stereocenters. The first-order valence-electron chi connectivity index (χ1n) is 8.94. The van der Waals surface area contributed by atoms with Crippen LogP contribution in [0.3, 0.4) is 0 Å². The summed E-state index contributed by atoms with van der Waals surface area (Å²) in [4.78, 5) is 23.7. The molecule has 6 heteroatoms. The van der Waals surface area contributed by atoms with Crippen molar-refractivity contribution in [1.29, 1.82) is 0 Å². The van der Waals surface area contributed by atoms with Crippen LogP contribution in [0.15, 0.2) is 18.2 Å². The van der Waals surface area contributed by atoms with Crippen molar-refractivity contribution in [3.05, 3.63) is 23.8 Å². The Morgan fingerprint density at radius 2 is 2.08 bits per heavy atom. The molecular weight excluding hydrogens is 320 g/mol. The highest BCUT2D eigenvalue weighted by Crippen LogP contribution is 2.33. The van der Waals surface area contributed by atoms with Crippen molar-refractivity contribution in [1.82, 2.24) is 5.32 Å². The van der Waals surface area contributed by atoms with E-state index in [4.69, 9.17) is 4.74 Å². The zero-order valence-corrected chi connectivity index (χ0v) is 14.8. The summed E-state index contributed by atoms with van der Waals surface area (Å²) in [6.45, 7) is 1.78. The highest BCUT2D eigenvalue weighted by molar-refractivity contribution is 5.95. The monoisotopic (exact) mass is 346 g/mol. The lowest BCUT2D eigenvalue weighted by Crippen LogP contribution is -2.40. The molecule has 1 aromatic carbocycles. The van der Waals surface area contributed by atoms with Crippen LogP contribution in [-0.4, -0.2) is 37.7 Å². The van der Waals surface area contributed by atoms with Gasteiger partial charge in [0.1, 0.15) is 5.75 Å². The number of hydrogen-bond acceptors (Lipinski definition) is 5. The second-order valence-electron chi connectivity index (χ2n) is 6.94. The second-order valence-corrected chi connectivity index (χ2v) is 6.94. The maximum Gasteiger partial charge on any atom is 0.343 e. The molecule has 2 N–H and O–H groups in total. The number of nitrogens with one attached hydrogen (secondary N) is 2. The normalized spacial score (nSPS) is 25.1. The van der Waals surface area contributed by atoms with Crippen molar-refractivity contribution in [2.75, 3.05) is 19.0 Å². The summed E-state index contributed by atoms with van der Waals surface area (Å²) in [6, 6.07) is 5.75. The number of hydrogen-bond donors (Lipinski definition) is 2. The average molecular weight is 346 g/mol.